The highest BCUT2D eigenvalue weighted by Crippen LogP contribution is 2.23. The maximum Gasteiger partial charge on any atom is 0.200 e. The molecule has 0 aromatic heterocycles. The van der Waals surface area contributed by atoms with E-state index in [1.54, 1.807) is 0 Å². The summed E-state index contributed by atoms with van der Waals surface area (Å²) in [4.78, 5) is 8.09. The predicted octanol–water partition coefficient (Wildman–Crippen LogP) is 2.46. The molecule has 1 aromatic rings. The van der Waals surface area contributed by atoms with E-state index in [1.807, 2.05) is 0 Å². The summed E-state index contributed by atoms with van der Waals surface area (Å²) in [5, 5.41) is 0. The normalized spacial score (nSPS) is 10.8. The second kappa shape index (κ2) is 4.54. The molecular formula is C8H5F5O2. The minimum Gasteiger partial charge on any atom is -0.240 e. The van der Waals surface area contributed by atoms with Crippen LogP contribution in [0.4, 0.5) is 22.0 Å². The number of hydrogen-bond acceptors (Lipinski definition) is 2. The molecule has 0 atom stereocenters. The van der Waals surface area contributed by atoms with Gasteiger partial charge in [0.2, 0.25) is 5.82 Å². The summed E-state index contributed by atoms with van der Waals surface area (Å²) in [7, 11) is 1.03. The molecule has 84 valence electrons. The van der Waals surface area contributed by atoms with Crippen molar-refractivity contribution < 1.29 is 31.7 Å². The van der Waals surface area contributed by atoms with Gasteiger partial charge in [-0.3, -0.25) is 0 Å². The molecule has 0 amide bonds. The number of rotatable bonds is 3. The standard InChI is InChI=1S/C8H5F5O2/c1-14-15-2-3-4(9)6(11)8(13)7(12)5(3)10/h2H2,1H3. The highest BCUT2D eigenvalue weighted by Gasteiger charge is 2.25. The van der Waals surface area contributed by atoms with Gasteiger partial charge in [-0.1, -0.05) is 0 Å². The molecule has 0 aliphatic rings. The van der Waals surface area contributed by atoms with Crippen molar-refractivity contribution in [1.29, 1.82) is 0 Å². The van der Waals surface area contributed by atoms with Crippen LogP contribution in [0.1, 0.15) is 5.56 Å². The summed E-state index contributed by atoms with van der Waals surface area (Å²) in [5.41, 5.74) is -1.08. The Bertz CT molecular complexity index is 351. The Labute approximate surface area is 81.1 Å². The van der Waals surface area contributed by atoms with Crippen LogP contribution in [-0.4, -0.2) is 7.11 Å². The van der Waals surface area contributed by atoms with Gasteiger partial charge in [-0.25, -0.2) is 31.7 Å². The van der Waals surface area contributed by atoms with Crippen molar-refractivity contribution >= 4 is 0 Å². The van der Waals surface area contributed by atoms with Crippen molar-refractivity contribution in [2.24, 2.45) is 0 Å². The quantitative estimate of drug-likeness (QED) is 0.260. The monoisotopic (exact) mass is 228 g/mol. The van der Waals surface area contributed by atoms with Crippen molar-refractivity contribution in [3.63, 3.8) is 0 Å². The van der Waals surface area contributed by atoms with Crippen molar-refractivity contribution in [2.75, 3.05) is 7.11 Å². The van der Waals surface area contributed by atoms with Gasteiger partial charge in [-0.2, -0.15) is 0 Å². The van der Waals surface area contributed by atoms with E-state index in [-0.39, 0.29) is 0 Å². The Morgan fingerprint density at radius 2 is 1.20 bits per heavy atom. The minimum absolute atomic E-state index is 0.873. The predicted molar refractivity (Wildman–Crippen MR) is 38.0 cm³/mol. The van der Waals surface area contributed by atoms with Crippen LogP contribution in [0.3, 0.4) is 0 Å². The first kappa shape index (κ1) is 11.9. The van der Waals surface area contributed by atoms with E-state index < -0.39 is 41.3 Å². The van der Waals surface area contributed by atoms with Crippen LogP contribution in [0.15, 0.2) is 0 Å². The molecule has 0 radical (unpaired) electrons. The van der Waals surface area contributed by atoms with Crippen LogP contribution in [0, 0.1) is 29.1 Å². The highest BCUT2D eigenvalue weighted by atomic mass is 19.2. The van der Waals surface area contributed by atoms with E-state index >= 15 is 0 Å². The molecule has 0 bridgehead atoms. The first-order valence-corrected chi connectivity index (χ1v) is 3.66. The summed E-state index contributed by atoms with van der Waals surface area (Å²) in [5.74, 6) is -10.1. The highest BCUT2D eigenvalue weighted by molar-refractivity contribution is 5.23. The summed E-state index contributed by atoms with van der Waals surface area (Å²) in [6.45, 7) is -0.873. The Morgan fingerprint density at radius 3 is 1.60 bits per heavy atom. The fourth-order valence-corrected chi connectivity index (χ4v) is 0.895. The SMILES string of the molecule is COOCc1c(F)c(F)c(F)c(F)c1F. The van der Waals surface area contributed by atoms with Gasteiger partial charge in [0.15, 0.2) is 23.3 Å². The number of hydrogen-bond donors (Lipinski definition) is 0. The van der Waals surface area contributed by atoms with Gasteiger partial charge in [0.05, 0.1) is 12.7 Å². The van der Waals surface area contributed by atoms with Gasteiger partial charge in [-0.15, -0.1) is 0 Å². The van der Waals surface area contributed by atoms with Crippen LogP contribution in [0.5, 0.6) is 0 Å². The van der Waals surface area contributed by atoms with Gasteiger partial charge in [0.25, 0.3) is 0 Å². The Morgan fingerprint density at radius 1 is 0.800 bits per heavy atom. The van der Waals surface area contributed by atoms with Gasteiger partial charge in [0, 0.05) is 0 Å². The maximum atomic E-state index is 12.9. The summed E-state index contributed by atoms with van der Waals surface area (Å²) in [6.07, 6.45) is 0. The molecule has 0 unspecified atom stereocenters. The summed E-state index contributed by atoms with van der Waals surface area (Å²) in [6, 6.07) is 0. The lowest BCUT2D eigenvalue weighted by atomic mass is 10.2. The summed E-state index contributed by atoms with van der Waals surface area (Å²) < 4.78 is 63.4. The second-order valence-corrected chi connectivity index (χ2v) is 2.48. The van der Waals surface area contributed by atoms with Crippen molar-refractivity contribution in [1.82, 2.24) is 0 Å². The average Bonchev–Trinajstić information content (AvgIpc) is 2.24. The van der Waals surface area contributed by atoms with Gasteiger partial charge in [-0.05, 0) is 0 Å². The lowest BCUT2D eigenvalue weighted by molar-refractivity contribution is -0.283. The van der Waals surface area contributed by atoms with Crippen LogP contribution in [-0.2, 0) is 16.4 Å². The van der Waals surface area contributed by atoms with Crippen LogP contribution >= 0.6 is 0 Å². The van der Waals surface area contributed by atoms with E-state index in [2.05, 4.69) is 9.78 Å². The van der Waals surface area contributed by atoms with E-state index in [4.69, 9.17) is 0 Å². The Balaban J connectivity index is 3.26. The maximum absolute atomic E-state index is 12.9. The lowest BCUT2D eigenvalue weighted by Crippen LogP contribution is -2.08. The molecule has 0 N–H and O–H groups in total. The zero-order valence-corrected chi connectivity index (χ0v) is 7.41. The third-order valence-corrected chi connectivity index (χ3v) is 1.62. The molecule has 2 nitrogen and oxygen atoms in total. The molecule has 15 heavy (non-hydrogen) atoms. The van der Waals surface area contributed by atoms with E-state index in [0.717, 1.165) is 7.11 Å². The van der Waals surface area contributed by atoms with Gasteiger partial charge < -0.3 is 0 Å². The minimum atomic E-state index is -2.20. The fourth-order valence-electron chi connectivity index (χ4n) is 0.895. The molecule has 0 aliphatic carbocycles. The molecule has 0 saturated heterocycles. The van der Waals surface area contributed by atoms with E-state index in [9.17, 15) is 22.0 Å². The van der Waals surface area contributed by atoms with Crippen LogP contribution in [0.25, 0.3) is 0 Å². The van der Waals surface area contributed by atoms with E-state index in [0.29, 0.717) is 0 Å². The number of halogens is 5. The first-order chi connectivity index (χ1) is 7.00. The third-order valence-electron chi connectivity index (χ3n) is 1.62. The van der Waals surface area contributed by atoms with Crippen LogP contribution in [0.2, 0.25) is 0 Å². The summed E-state index contributed by atoms with van der Waals surface area (Å²) >= 11 is 0. The molecule has 0 heterocycles. The fraction of sp³-hybridized carbons (Fsp3) is 0.250. The molecule has 1 aromatic carbocycles. The van der Waals surface area contributed by atoms with E-state index in [1.165, 1.54) is 0 Å². The zero-order valence-electron chi connectivity index (χ0n) is 7.41. The average molecular weight is 228 g/mol. The Kier molecular flexibility index (Phi) is 3.59. The molecular weight excluding hydrogens is 223 g/mol. The molecule has 1 rings (SSSR count). The zero-order chi connectivity index (χ0) is 11.6. The topological polar surface area (TPSA) is 18.5 Å². The molecule has 0 spiro atoms. The lowest BCUT2D eigenvalue weighted by Gasteiger charge is -2.06. The second-order valence-electron chi connectivity index (χ2n) is 2.48. The van der Waals surface area contributed by atoms with Crippen molar-refractivity contribution in [2.45, 2.75) is 6.61 Å². The van der Waals surface area contributed by atoms with Gasteiger partial charge >= 0.3 is 0 Å². The largest absolute Gasteiger partial charge is 0.240 e. The van der Waals surface area contributed by atoms with Crippen molar-refractivity contribution in [3.05, 3.63) is 34.6 Å². The third kappa shape index (κ3) is 2.07. The Hall–Kier alpha value is -1.21. The van der Waals surface area contributed by atoms with Crippen LogP contribution < -0.4 is 0 Å². The number of benzene rings is 1. The molecule has 0 saturated carbocycles. The molecule has 0 aliphatic heterocycles. The van der Waals surface area contributed by atoms with Crippen molar-refractivity contribution in [3.8, 4) is 0 Å². The smallest absolute Gasteiger partial charge is 0.200 e. The molecule has 0 fully saturated rings. The first-order valence-electron chi connectivity index (χ1n) is 3.66. The van der Waals surface area contributed by atoms with Gasteiger partial charge in [0.1, 0.15) is 6.61 Å². The molecule has 7 heteroatoms.